The van der Waals surface area contributed by atoms with Crippen LogP contribution in [-0.4, -0.2) is 4.98 Å². The third-order valence-corrected chi connectivity index (χ3v) is 0.903. The molecule has 0 spiro atoms. The Morgan fingerprint density at radius 2 is 2.29 bits per heavy atom. The molecule has 7 heavy (non-hydrogen) atoms. The summed E-state index contributed by atoms with van der Waals surface area (Å²) in [5, 5.41) is 0. The summed E-state index contributed by atoms with van der Waals surface area (Å²) in [6.07, 6.45) is 1.69. The number of rotatable bonds is 0. The minimum atomic E-state index is 0.697. The number of hydrogen-bond acceptors (Lipinski definition) is 1. The van der Waals surface area contributed by atoms with E-state index in [1.54, 1.807) is 12.3 Å². The van der Waals surface area contributed by atoms with Crippen molar-refractivity contribution in [3.8, 4) is 0 Å². The normalized spacial score (nSPS) is 8.86. The van der Waals surface area contributed by atoms with Crippen LogP contribution in [0.3, 0.4) is 0 Å². The van der Waals surface area contributed by atoms with Gasteiger partial charge in [-0.05, 0) is 0 Å². The van der Waals surface area contributed by atoms with Crippen LogP contribution in [0.5, 0.6) is 0 Å². The molecule has 2 heteroatoms. The van der Waals surface area contributed by atoms with Crippen molar-refractivity contribution in [2.24, 2.45) is 0 Å². The maximum atomic E-state index is 4.43. The molecule has 0 bridgehead atoms. The number of pyridine rings is 1. The second kappa shape index (κ2) is 2.08. The molecule has 1 heterocycles. The van der Waals surface area contributed by atoms with Gasteiger partial charge in [-0.2, -0.15) is 0 Å². The second-order valence-corrected chi connectivity index (χ2v) is 1.63. The molecule has 1 aromatic rings. The van der Waals surface area contributed by atoms with E-state index in [9.17, 15) is 0 Å². The Hall–Kier alpha value is -0.356. The molecule has 0 aliphatic heterocycles. The van der Waals surface area contributed by atoms with Crippen molar-refractivity contribution < 1.29 is 15.5 Å². The summed E-state index contributed by atoms with van der Waals surface area (Å²) < 4.78 is 0.697. The zero-order chi connectivity index (χ0) is 5.11. The Labute approximate surface area is 50.1 Å². The monoisotopic (exact) mass is 136 g/mol. The zero-order valence-electron chi connectivity index (χ0n) is 3.57. The third kappa shape index (κ3) is 1.28. The molecule has 0 aliphatic rings. The average Bonchev–Trinajstić information content (AvgIpc) is 1.69. The van der Waals surface area contributed by atoms with Crippen molar-refractivity contribution in [2.45, 2.75) is 0 Å². The van der Waals surface area contributed by atoms with E-state index in [1.807, 2.05) is 12.1 Å². The van der Waals surface area contributed by atoms with Gasteiger partial charge in [-0.15, -0.1) is 0 Å². The van der Waals surface area contributed by atoms with E-state index in [0.717, 1.165) is 0 Å². The van der Waals surface area contributed by atoms with E-state index < -0.39 is 0 Å². The Balaban J connectivity index is 3.02. The first kappa shape index (κ1) is 4.79. The SMILES string of the molecule is [Ni][c]1ccccn1. The van der Waals surface area contributed by atoms with Crippen LogP contribution in [0.4, 0.5) is 0 Å². The van der Waals surface area contributed by atoms with E-state index in [1.165, 1.54) is 0 Å². The summed E-state index contributed by atoms with van der Waals surface area (Å²) in [4.78, 5) is 3.81. The Bertz CT molecular complexity index is 138. The second-order valence-electron chi connectivity index (χ2n) is 1.12. The first-order valence-corrected chi connectivity index (χ1v) is 2.42. The topological polar surface area (TPSA) is 12.9 Å². The first-order chi connectivity index (χ1) is 3.39. The number of hydrogen-bond donors (Lipinski definition) is 0. The van der Waals surface area contributed by atoms with Crippen LogP contribution in [0.2, 0.25) is 0 Å². The maximum absolute atomic E-state index is 4.43. The van der Waals surface area contributed by atoms with Crippen molar-refractivity contribution in [1.29, 1.82) is 0 Å². The van der Waals surface area contributed by atoms with E-state index in [2.05, 4.69) is 20.4 Å². The van der Waals surface area contributed by atoms with Crippen molar-refractivity contribution in [3.63, 3.8) is 0 Å². The van der Waals surface area contributed by atoms with Crippen LogP contribution in [0.25, 0.3) is 0 Å². The molecule has 0 saturated heterocycles. The summed E-state index contributed by atoms with van der Waals surface area (Å²) in [6, 6.07) is 5.54. The molecule has 0 aliphatic carbocycles. The van der Waals surface area contributed by atoms with Gasteiger partial charge in [0.05, 0.1) is 0 Å². The van der Waals surface area contributed by atoms with Gasteiger partial charge in [0.2, 0.25) is 0 Å². The quantitative estimate of drug-likeness (QED) is 0.467. The molecule has 1 rings (SSSR count). The third-order valence-electron chi connectivity index (χ3n) is 0.611. The van der Waals surface area contributed by atoms with Gasteiger partial charge < -0.3 is 0 Å². The molecule has 39 valence electrons. The predicted molar refractivity (Wildman–Crippen MR) is 23.9 cm³/mol. The Morgan fingerprint density at radius 3 is 2.57 bits per heavy atom. The predicted octanol–water partition coefficient (Wildman–Crippen LogP) is 0.254. The van der Waals surface area contributed by atoms with E-state index >= 15 is 0 Å². The summed E-state index contributed by atoms with van der Waals surface area (Å²) in [7, 11) is 0. The van der Waals surface area contributed by atoms with Crippen LogP contribution in [0, 0.1) is 0 Å². The Morgan fingerprint density at radius 1 is 1.43 bits per heavy atom. The standard InChI is InChI=1S/C5H4N.Ni/c1-2-4-6-5-3-1;/h1-4H;. The molecule has 0 aromatic carbocycles. The van der Waals surface area contributed by atoms with E-state index in [-0.39, 0.29) is 0 Å². The van der Waals surface area contributed by atoms with Gasteiger partial charge in [-0.25, -0.2) is 0 Å². The average molecular weight is 137 g/mol. The van der Waals surface area contributed by atoms with Gasteiger partial charge in [0.1, 0.15) is 0 Å². The van der Waals surface area contributed by atoms with Crippen molar-refractivity contribution in [3.05, 3.63) is 24.4 Å². The van der Waals surface area contributed by atoms with Gasteiger partial charge in [0.25, 0.3) is 0 Å². The number of nitrogens with zero attached hydrogens (tertiary/aromatic N) is 1. The Kier molecular flexibility index (Phi) is 1.43. The molecule has 0 atom stereocenters. The van der Waals surface area contributed by atoms with Crippen LogP contribution < -0.4 is 4.66 Å². The molecular formula is C5H4NNi. The van der Waals surface area contributed by atoms with Crippen LogP contribution in [0.1, 0.15) is 0 Å². The van der Waals surface area contributed by atoms with Gasteiger partial charge in [-0.3, -0.25) is 0 Å². The van der Waals surface area contributed by atoms with Crippen LogP contribution in [0.15, 0.2) is 24.4 Å². The molecule has 0 N–H and O–H groups in total. The van der Waals surface area contributed by atoms with Crippen LogP contribution in [-0.2, 0) is 15.5 Å². The molecule has 0 amide bonds. The molecule has 1 aromatic heterocycles. The summed E-state index contributed by atoms with van der Waals surface area (Å²) >= 11 is 4.43. The molecule has 0 fully saturated rings. The van der Waals surface area contributed by atoms with Crippen LogP contribution >= 0.6 is 0 Å². The van der Waals surface area contributed by atoms with Crippen molar-refractivity contribution in [2.75, 3.05) is 0 Å². The molecule has 0 radical (unpaired) electrons. The van der Waals surface area contributed by atoms with Crippen molar-refractivity contribution >= 4 is 4.66 Å². The fourth-order valence-corrected chi connectivity index (χ4v) is 0.500. The first-order valence-electron chi connectivity index (χ1n) is 1.93. The molecular weight excluding hydrogens is 133 g/mol. The zero-order valence-corrected chi connectivity index (χ0v) is 4.56. The van der Waals surface area contributed by atoms with Crippen molar-refractivity contribution in [1.82, 2.24) is 4.98 Å². The fraction of sp³-hybridized carbons (Fsp3) is 0. The van der Waals surface area contributed by atoms with Gasteiger partial charge in [-0.1, -0.05) is 0 Å². The summed E-state index contributed by atoms with van der Waals surface area (Å²) in [5.74, 6) is 0. The van der Waals surface area contributed by atoms with E-state index in [0.29, 0.717) is 4.66 Å². The van der Waals surface area contributed by atoms with Gasteiger partial charge in [0.15, 0.2) is 0 Å². The fourth-order valence-electron chi connectivity index (χ4n) is 0.331. The molecule has 0 unspecified atom stereocenters. The summed E-state index contributed by atoms with van der Waals surface area (Å²) in [5.41, 5.74) is 0. The van der Waals surface area contributed by atoms with Gasteiger partial charge >= 0.3 is 49.5 Å². The molecule has 1 nitrogen and oxygen atoms in total. The van der Waals surface area contributed by atoms with E-state index in [4.69, 9.17) is 0 Å². The minimum absolute atomic E-state index is 0.697. The molecule has 0 saturated carbocycles. The van der Waals surface area contributed by atoms with Gasteiger partial charge in [0, 0.05) is 0 Å². The summed E-state index contributed by atoms with van der Waals surface area (Å²) in [6.45, 7) is 0. The number of aromatic nitrogens is 1.